The van der Waals surface area contributed by atoms with Gasteiger partial charge in [0.15, 0.2) is 0 Å². The molecule has 0 aliphatic heterocycles. The van der Waals surface area contributed by atoms with Crippen LogP contribution in [0.3, 0.4) is 0 Å². The number of nitrogens with one attached hydrogen (secondary N) is 1. The van der Waals surface area contributed by atoms with Crippen molar-refractivity contribution in [2.24, 2.45) is 5.92 Å². The van der Waals surface area contributed by atoms with Crippen LogP contribution in [-0.4, -0.2) is 28.9 Å². The minimum Gasteiger partial charge on any atom is -0.445 e. The summed E-state index contributed by atoms with van der Waals surface area (Å²) in [7, 11) is 0. The minimum atomic E-state index is -0.917. The molecule has 0 heterocycles. The number of carbonyl (C=O) groups excluding carboxylic acids is 1. The third-order valence-corrected chi connectivity index (χ3v) is 4.63. The van der Waals surface area contributed by atoms with Crippen molar-refractivity contribution in [2.75, 3.05) is 0 Å². The first-order chi connectivity index (χ1) is 13.3. The van der Waals surface area contributed by atoms with Crippen LogP contribution in [0.15, 0.2) is 60.7 Å². The molecule has 0 unspecified atom stereocenters. The van der Waals surface area contributed by atoms with Crippen LogP contribution in [0, 0.1) is 5.92 Å². The van der Waals surface area contributed by atoms with Crippen LogP contribution in [0.4, 0.5) is 4.79 Å². The van der Waals surface area contributed by atoms with E-state index in [2.05, 4.69) is 5.32 Å². The molecular formula is C23H31NO4. The summed E-state index contributed by atoms with van der Waals surface area (Å²) < 4.78 is 11.3. The Kier molecular flexibility index (Phi) is 8.03. The normalized spacial score (nSPS) is 13.8. The van der Waals surface area contributed by atoms with Gasteiger partial charge >= 0.3 is 6.09 Å². The van der Waals surface area contributed by atoms with Crippen LogP contribution in [0.1, 0.15) is 38.8 Å². The van der Waals surface area contributed by atoms with Crippen molar-refractivity contribution in [1.29, 1.82) is 0 Å². The molecule has 1 amide bonds. The van der Waals surface area contributed by atoms with Crippen molar-refractivity contribution in [1.82, 2.24) is 5.32 Å². The lowest BCUT2D eigenvalue weighted by Crippen LogP contribution is -2.58. The number of hydrogen-bond acceptors (Lipinski definition) is 4. The van der Waals surface area contributed by atoms with E-state index < -0.39 is 23.8 Å². The summed E-state index contributed by atoms with van der Waals surface area (Å²) in [6.07, 6.45) is -1.91. The summed E-state index contributed by atoms with van der Waals surface area (Å²) in [5.41, 5.74) is 1.02. The van der Waals surface area contributed by atoms with Crippen LogP contribution >= 0.6 is 0 Å². The van der Waals surface area contributed by atoms with Crippen LogP contribution in [0.2, 0.25) is 0 Å². The maximum Gasteiger partial charge on any atom is 0.407 e. The third kappa shape index (κ3) is 6.66. The topological polar surface area (TPSA) is 67.8 Å². The second-order valence-corrected chi connectivity index (χ2v) is 7.86. The molecular weight excluding hydrogens is 354 g/mol. The summed E-state index contributed by atoms with van der Waals surface area (Å²) in [6.45, 7) is 8.09. The van der Waals surface area contributed by atoms with Crippen LogP contribution in [0.25, 0.3) is 0 Å². The van der Waals surface area contributed by atoms with Gasteiger partial charge in [-0.05, 0) is 30.9 Å². The molecule has 5 heteroatoms. The lowest BCUT2D eigenvalue weighted by Gasteiger charge is -2.37. The largest absolute Gasteiger partial charge is 0.445 e. The Bertz CT molecular complexity index is 716. The smallest absolute Gasteiger partial charge is 0.407 e. The van der Waals surface area contributed by atoms with Gasteiger partial charge in [-0.25, -0.2) is 4.79 Å². The van der Waals surface area contributed by atoms with Gasteiger partial charge in [-0.3, -0.25) is 0 Å². The van der Waals surface area contributed by atoms with E-state index in [1.54, 1.807) is 13.8 Å². The summed E-state index contributed by atoms with van der Waals surface area (Å²) in [5.74, 6) is 0.0696. The molecule has 28 heavy (non-hydrogen) atoms. The van der Waals surface area contributed by atoms with E-state index in [9.17, 15) is 9.90 Å². The average Bonchev–Trinajstić information content (AvgIpc) is 2.67. The zero-order chi connectivity index (χ0) is 20.6. The zero-order valence-corrected chi connectivity index (χ0v) is 17.1. The van der Waals surface area contributed by atoms with Crippen molar-refractivity contribution in [3.63, 3.8) is 0 Å². The zero-order valence-electron chi connectivity index (χ0n) is 17.1. The number of aliphatic hydroxyl groups excluding tert-OH is 1. The Balaban J connectivity index is 1.93. The molecule has 2 aromatic rings. The van der Waals surface area contributed by atoms with E-state index in [1.165, 1.54) is 0 Å². The second-order valence-electron chi connectivity index (χ2n) is 7.86. The molecule has 0 fully saturated rings. The van der Waals surface area contributed by atoms with Gasteiger partial charge in [0.05, 0.1) is 18.2 Å². The quantitative estimate of drug-likeness (QED) is 0.676. The average molecular weight is 386 g/mol. The number of rotatable bonds is 9. The number of amides is 1. The molecule has 2 aromatic carbocycles. The number of carbonyl (C=O) groups is 1. The van der Waals surface area contributed by atoms with Gasteiger partial charge in [-0.2, -0.15) is 0 Å². The van der Waals surface area contributed by atoms with Crippen LogP contribution < -0.4 is 5.32 Å². The van der Waals surface area contributed by atoms with E-state index in [-0.39, 0.29) is 12.5 Å². The van der Waals surface area contributed by atoms with Gasteiger partial charge in [0.25, 0.3) is 0 Å². The molecule has 0 radical (unpaired) electrons. The standard InChI is InChI=1S/C23H31NO4/c1-17(2)20(27-15-18-11-7-5-8-12-18)21(25)23(3,4)24-22(26)28-16-19-13-9-6-10-14-19/h5-14,17,20-21,25H,15-16H2,1-4H3,(H,24,26)/t20-,21-/m1/s1. The Labute approximate surface area is 167 Å². The second kappa shape index (κ2) is 10.2. The van der Waals surface area contributed by atoms with E-state index in [0.717, 1.165) is 11.1 Å². The van der Waals surface area contributed by atoms with Crippen molar-refractivity contribution in [3.8, 4) is 0 Å². The molecule has 0 bridgehead atoms. The van der Waals surface area contributed by atoms with Gasteiger partial charge in [0.1, 0.15) is 12.7 Å². The van der Waals surface area contributed by atoms with Crippen molar-refractivity contribution in [2.45, 2.75) is 58.7 Å². The fourth-order valence-corrected chi connectivity index (χ4v) is 2.92. The van der Waals surface area contributed by atoms with E-state index in [4.69, 9.17) is 9.47 Å². The molecule has 152 valence electrons. The van der Waals surface area contributed by atoms with Gasteiger partial charge in [-0.1, -0.05) is 74.5 Å². The highest BCUT2D eigenvalue weighted by Gasteiger charge is 2.38. The summed E-state index contributed by atoms with van der Waals surface area (Å²) >= 11 is 0. The van der Waals surface area contributed by atoms with E-state index in [0.29, 0.717) is 6.61 Å². The predicted molar refractivity (Wildman–Crippen MR) is 110 cm³/mol. The summed E-state index contributed by atoms with van der Waals surface area (Å²) in [4.78, 5) is 12.2. The fraction of sp³-hybridized carbons (Fsp3) is 0.435. The molecule has 5 nitrogen and oxygen atoms in total. The van der Waals surface area contributed by atoms with Gasteiger partial charge < -0.3 is 19.9 Å². The van der Waals surface area contributed by atoms with Crippen LogP contribution in [0.5, 0.6) is 0 Å². The summed E-state index contributed by atoms with van der Waals surface area (Å²) in [6, 6.07) is 19.3. The monoisotopic (exact) mass is 385 g/mol. The maximum atomic E-state index is 12.2. The number of benzene rings is 2. The first-order valence-electron chi connectivity index (χ1n) is 9.62. The van der Waals surface area contributed by atoms with Crippen molar-refractivity contribution < 1.29 is 19.4 Å². The first-order valence-corrected chi connectivity index (χ1v) is 9.62. The third-order valence-electron chi connectivity index (χ3n) is 4.63. The molecule has 0 saturated heterocycles. The molecule has 0 saturated carbocycles. The number of aliphatic hydroxyl groups is 1. The number of ether oxygens (including phenoxy) is 2. The highest BCUT2D eigenvalue weighted by Crippen LogP contribution is 2.22. The Hall–Kier alpha value is -2.37. The lowest BCUT2D eigenvalue weighted by molar-refractivity contribution is -0.0969. The molecule has 2 N–H and O–H groups in total. The summed E-state index contributed by atoms with van der Waals surface area (Å²) in [5, 5.41) is 13.7. The van der Waals surface area contributed by atoms with Crippen molar-refractivity contribution in [3.05, 3.63) is 71.8 Å². The molecule has 0 aliphatic carbocycles. The highest BCUT2D eigenvalue weighted by molar-refractivity contribution is 5.68. The maximum absolute atomic E-state index is 12.2. The molecule has 0 spiro atoms. The van der Waals surface area contributed by atoms with Crippen LogP contribution in [-0.2, 0) is 22.7 Å². The number of alkyl carbamates (subject to hydrolysis) is 1. The number of hydrogen-bond donors (Lipinski definition) is 2. The predicted octanol–water partition coefficient (Wildman–Crippen LogP) is 4.29. The molecule has 2 rings (SSSR count). The highest BCUT2D eigenvalue weighted by atomic mass is 16.5. The molecule has 2 atom stereocenters. The Morgan fingerprint density at radius 3 is 1.96 bits per heavy atom. The lowest BCUT2D eigenvalue weighted by atomic mass is 9.87. The molecule has 0 aromatic heterocycles. The van der Waals surface area contributed by atoms with Gasteiger partial charge in [-0.15, -0.1) is 0 Å². The SMILES string of the molecule is CC(C)[C@@H](OCc1ccccc1)[C@@H](O)C(C)(C)NC(=O)OCc1ccccc1. The first kappa shape index (κ1) is 21.9. The van der Waals surface area contributed by atoms with Gasteiger partial charge in [0.2, 0.25) is 0 Å². The minimum absolute atomic E-state index is 0.0696. The van der Waals surface area contributed by atoms with E-state index in [1.807, 2.05) is 74.5 Å². The Morgan fingerprint density at radius 2 is 1.46 bits per heavy atom. The Morgan fingerprint density at radius 1 is 0.964 bits per heavy atom. The van der Waals surface area contributed by atoms with E-state index >= 15 is 0 Å². The fourth-order valence-electron chi connectivity index (χ4n) is 2.92. The van der Waals surface area contributed by atoms with Gasteiger partial charge in [0, 0.05) is 0 Å². The van der Waals surface area contributed by atoms with Crippen molar-refractivity contribution >= 4 is 6.09 Å². The molecule has 0 aliphatic rings.